The first-order valence-corrected chi connectivity index (χ1v) is 6.81. The van der Waals surface area contributed by atoms with Crippen molar-refractivity contribution in [2.45, 2.75) is 31.4 Å². The fourth-order valence-electron chi connectivity index (χ4n) is 3.09. The van der Waals surface area contributed by atoms with E-state index in [2.05, 4.69) is 5.32 Å². The molecule has 3 rings (SSSR count). The minimum Gasteiger partial charge on any atom is -0.381 e. The van der Waals surface area contributed by atoms with Crippen LogP contribution in [0.25, 0.3) is 0 Å². The van der Waals surface area contributed by atoms with Crippen molar-refractivity contribution in [3.05, 3.63) is 28.5 Å². The van der Waals surface area contributed by atoms with Crippen molar-refractivity contribution in [3.63, 3.8) is 0 Å². The third kappa shape index (κ3) is 2.03. The number of ether oxygens (including phenoxy) is 1. The number of carbonyl (C=O) groups excluding carboxylic acids is 1. The van der Waals surface area contributed by atoms with Gasteiger partial charge in [-0.15, -0.1) is 0 Å². The van der Waals surface area contributed by atoms with Gasteiger partial charge in [-0.2, -0.15) is 0 Å². The lowest BCUT2D eigenvalue weighted by atomic mass is 9.75. The highest BCUT2D eigenvalue weighted by Crippen LogP contribution is 2.39. The predicted molar refractivity (Wildman–Crippen MR) is 71.3 cm³/mol. The first kappa shape index (κ1) is 12.9. The van der Waals surface area contributed by atoms with Crippen LogP contribution in [0, 0.1) is 11.7 Å². The van der Waals surface area contributed by atoms with E-state index in [9.17, 15) is 9.18 Å². The quantitative estimate of drug-likeness (QED) is 0.860. The smallest absolute Gasteiger partial charge is 0.170 e. The number of rotatable bonds is 1. The van der Waals surface area contributed by atoms with Gasteiger partial charge in [0.25, 0.3) is 0 Å². The summed E-state index contributed by atoms with van der Waals surface area (Å²) in [5, 5.41) is 3.19. The lowest BCUT2D eigenvalue weighted by Crippen LogP contribution is -2.45. The minimum absolute atomic E-state index is 0.00364. The van der Waals surface area contributed by atoms with Crippen molar-refractivity contribution in [2.24, 2.45) is 5.92 Å². The number of halogens is 2. The van der Waals surface area contributed by atoms with Gasteiger partial charge in [0.05, 0.1) is 16.8 Å². The molecule has 1 saturated carbocycles. The van der Waals surface area contributed by atoms with Crippen LogP contribution in [-0.2, 0) is 4.74 Å². The zero-order valence-corrected chi connectivity index (χ0v) is 11.3. The first-order chi connectivity index (χ1) is 9.11. The van der Waals surface area contributed by atoms with E-state index in [4.69, 9.17) is 16.3 Å². The van der Waals surface area contributed by atoms with Gasteiger partial charge in [-0.1, -0.05) is 11.6 Å². The molecule has 0 aromatic heterocycles. The van der Waals surface area contributed by atoms with Gasteiger partial charge in [-0.25, -0.2) is 4.39 Å². The summed E-state index contributed by atoms with van der Waals surface area (Å²) in [6.45, 7) is 0. The number of methoxy groups -OCH3 is 1. The fraction of sp³-hybridized carbons (Fsp3) is 0.500. The van der Waals surface area contributed by atoms with E-state index >= 15 is 0 Å². The molecule has 0 amide bonds. The summed E-state index contributed by atoms with van der Waals surface area (Å²) in [6.07, 6.45) is 2.50. The minimum atomic E-state index is -0.528. The van der Waals surface area contributed by atoms with E-state index < -0.39 is 5.82 Å². The summed E-state index contributed by atoms with van der Waals surface area (Å²) in [4.78, 5) is 12.5. The highest BCUT2D eigenvalue weighted by Gasteiger charge is 2.41. The summed E-state index contributed by atoms with van der Waals surface area (Å²) in [7, 11) is 1.67. The Balaban J connectivity index is 1.98. The van der Waals surface area contributed by atoms with Gasteiger partial charge in [0.15, 0.2) is 11.6 Å². The molecule has 1 fully saturated rings. The Labute approximate surface area is 116 Å². The number of ketones is 1. The Morgan fingerprint density at radius 1 is 1.42 bits per heavy atom. The molecular formula is C14H15ClFNO2. The molecule has 0 bridgehead atoms. The molecule has 1 aromatic rings. The van der Waals surface area contributed by atoms with Crippen molar-refractivity contribution < 1.29 is 13.9 Å². The molecule has 0 radical (unpaired) electrons. The molecule has 102 valence electrons. The Morgan fingerprint density at radius 2 is 2.21 bits per heavy atom. The Kier molecular flexibility index (Phi) is 3.23. The van der Waals surface area contributed by atoms with Gasteiger partial charge in [0, 0.05) is 24.6 Å². The summed E-state index contributed by atoms with van der Waals surface area (Å²) >= 11 is 5.77. The van der Waals surface area contributed by atoms with Gasteiger partial charge >= 0.3 is 0 Å². The molecule has 1 N–H and O–H groups in total. The Morgan fingerprint density at radius 3 is 2.95 bits per heavy atom. The average Bonchev–Trinajstić information content (AvgIpc) is 2.43. The monoisotopic (exact) mass is 283 g/mol. The van der Waals surface area contributed by atoms with Crippen molar-refractivity contribution in [2.75, 3.05) is 12.4 Å². The van der Waals surface area contributed by atoms with E-state index in [1.165, 1.54) is 6.07 Å². The van der Waals surface area contributed by atoms with Gasteiger partial charge in [0.1, 0.15) is 0 Å². The standard InChI is InChI=1S/C14H15ClFNO2/c1-19-7-2-5-11-9(6-7)14(18)8-3-4-10(15)12(16)13(8)17-11/h3-4,7,9,11,17H,2,5-6H2,1H3. The van der Waals surface area contributed by atoms with Crippen LogP contribution in [0.4, 0.5) is 10.1 Å². The third-order valence-electron chi connectivity index (χ3n) is 4.16. The molecule has 1 aliphatic heterocycles. The number of carbonyl (C=O) groups is 1. The van der Waals surface area contributed by atoms with Gasteiger partial charge in [-0.3, -0.25) is 4.79 Å². The third-order valence-corrected chi connectivity index (χ3v) is 4.45. The number of anilines is 1. The van der Waals surface area contributed by atoms with Crippen LogP contribution in [0.2, 0.25) is 5.02 Å². The Hall–Kier alpha value is -1.13. The second-order valence-corrected chi connectivity index (χ2v) is 5.58. The molecule has 3 unspecified atom stereocenters. The summed E-state index contributed by atoms with van der Waals surface area (Å²) in [5.74, 6) is -0.664. The van der Waals surface area contributed by atoms with Gasteiger partial charge in [0.2, 0.25) is 0 Å². The summed E-state index contributed by atoms with van der Waals surface area (Å²) in [5.41, 5.74) is 0.662. The van der Waals surface area contributed by atoms with Crippen molar-refractivity contribution in [1.82, 2.24) is 0 Å². The van der Waals surface area contributed by atoms with Crippen molar-refractivity contribution in [3.8, 4) is 0 Å². The lowest BCUT2D eigenvalue weighted by molar-refractivity contribution is 0.0410. The van der Waals surface area contributed by atoms with Crippen LogP contribution >= 0.6 is 11.6 Å². The number of benzene rings is 1. The number of hydrogen-bond donors (Lipinski definition) is 1. The average molecular weight is 284 g/mol. The molecule has 2 aliphatic rings. The molecular weight excluding hydrogens is 269 g/mol. The van der Waals surface area contributed by atoms with Crippen LogP contribution in [0.15, 0.2) is 12.1 Å². The molecule has 1 aliphatic carbocycles. The SMILES string of the molecule is COC1CCC2Nc3c(ccc(Cl)c3F)C(=O)C2C1. The Bertz CT molecular complexity index is 534. The zero-order chi connectivity index (χ0) is 13.6. The predicted octanol–water partition coefficient (Wildman–Crippen LogP) is 3.27. The molecule has 1 heterocycles. The molecule has 0 spiro atoms. The van der Waals surface area contributed by atoms with E-state index in [1.807, 2.05) is 0 Å². The first-order valence-electron chi connectivity index (χ1n) is 6.43. The zero-order valence-electron chi connectivity index (χ0n) is 10.6. The number of fused-ring (bicyclic) bond motifs is 2. The maximum absolute atomic E-state index is 14.0. The number of nitrogens with one attached hydrogen (secondary N) is 1. The molecule has 3 nitrogen and oxygen atoms in total. The van der Waals surface area contributed by atoms with Crippen LogP contribution in [-0.4, -0.2) is 25.0 Å². The van der Waals surface area contributed by atoms with E-state index in [0.29, 0.717) is 12.0 Å². The number of hydrogen-bond acceptors (Lipinski definition) is 3. The van der Waals surface area contributed by atoms with E-state index in [0.717, 1.165) is 12.8 Å². The maximum Gasteiger partial charge on any atom is 0.170 e. The molecule has 0 saturated heterocycles. The normalized spacial score (nSPS) is 29.4. The fourth-order valence-corrected chi connectivity index (χ4v) is 3.25. The lowest BCUT2D eigenvalue weighted by Gasteiger charge is -2.39. The topological polar surface area (TPSA) is 38.3 Å². The van der Waals surface area contributed by atoms with Crippen LogP contribution in [0.5, 0.6) is 0 Å². The highest BCUT2D eigenvalue weighted by atomic mass is 35.5. The van der Waals surface area contributed by atoms with E-state index in [1.54, 1.807) is 13.2 Å². The van der Waals surface area contributed by atoms with E-state index in [-0.39, 0.29) is 34.6 Å². The van der Waals surface area contributed by atoms with Crippen molar-refractivity contribution >= 4 is 23.1 Å². The number of Topliss-reactive ketones (excluding diaryl/α,β-unsaturated/α-hetero) is 1. The van der Waals surface area contributed by atoms with Crippen LogP contribution < -0.4 is 5.32 Å². The van der Waals surface area contributed by atoms with Gasteiger partial charge in [-0.05, 0) is 31.4 Å². The summed E-state index contributed by atoms with van der Waals surface area (Å²) < 4.78 is 19.3. The van der Waals surface area contributed by atoms with Crippen LogP contribution in [0.3, 0.4) is 0 Å². The summed E-state index contributed by atoms with van der Waals surface area (Å²) in [6, 6.07) is 3.02. The maximum atomic E-state index is 14.0. The molecule has 5 heteroatoms. The van der Waals surface area contributed by atoms with Crippen LogP contribution in [0.1, 0.15) is 29.6 Å². The highest BCUT2D eigenvalue weighted by molar-refractivity contribution is 6.31. The molecule has 1 aromatic carbocycles. The van der Waals surface area contributed by atoms with Crippen molar-refractivity contribution in [1.29, 1.82) is 0 Å². The second-order valence-electron chi connectivity index (χ2n) is 5.18. The van der Waals surface area contributed by atoms with Gasteiger partial charge < -0.3 is 10.1 Å². The molecule has 19 heavy (non-hydrogen) atoms. The molecule has 3 atom stereocenters. The largest absolute Gasteiger partial charge is 0.381 e. The second kappa shape index (κ2) is 4.76.